The van der Waals surface area contributed by atoms with Crippen LogP contribution in [-0.2, 0) is 0 Å². The van der Waals surface area contributed by atoms with Gasteiger partial charge in [0.15, 0.2) is 11.3 Å². The summed E-state index contributed by atoms with van der Waals surface area (Å²) in [6, 6.07) is 13.3. The van der Waals surface area contributed by atoms with Crippen LogP contribution in [0.25, 0.3) is 16.7 Å². The van der Waals surface area contributed by atoms with Gasteiger partial charge in [0, 0.05) is 16.8 Å². The van der Waals surface area contributed by atoms with E-state index in [1.807, 2.05) is 50.2 Å². The summed E-state index contributed by atoms with van der Waals surface area (Å²) in [7, 11) is 0. The minimum Gasteiger partial charge on any atom is -0.319 e. The van der Waals surface area contributed by atoms with Gasteiger partial charge < -0.3 is 5.32 Å². The van der Waals surface area contributed by atoms with Crippen LogP contribution < -0.4 is 5.32 Å². The van der Waals surface area contributed by atoms with Crippen molar-refractivity contribution in [1.29, 1.82) is 0 Å². The second-order valence-corrected chi connectivity index (χ2v) is 5.82. The first kappa shape index (κ1) is 15.1. The average Bonchev–Trinajstić information content (AvgIpc) is 3.19. The quantitative estimate of drug-likeness (QED) is 0.603. The van der Waals surface area contributed by atoms with Crippen LogP contribution in [-0.4, -0.2) is 30.9 Å². The van der Waals surface area contributed by atoms with E-state index in [1.54, 1.807) is 16.9 Å². The van der Waals surface area contributed by atoms with E-state index >= 15 is 0 Å². The number of amides is 1. The lowest BCUT2D eigenvalue weighted by Gasteiger charge is -2.04. The number of aromatic nitrogens is 5. The van der Waals surface area contributed by atoms with Crippen molar-refractivity contribution in [1.82, 2.24) is 25.0 Å². The molecule has 0 saturated heterocycles. The van der Waals surface area contributed by atoms with Crippen LogP contribution in [0.1, 0.15) is 21.9 Å². The van der Waals surface area contributed by atoms with Gasteiger partial charge in [0.1, 0.15) is 0 Å². The highest BCUT2D eigenvalue weighted by Crippen LogP contribution is 2.18. The third-order valence-electron chi connectivity index (χ3n) is 3.98. The number of para-hydroxylation sites is 1. The van der Waals surface area contributed by atoms with Gasteiger partial charge in [-0.3, -0.25) is 9.89 Å². The number of carbonyl (C=O) groups is 1. The van der Waals surface area contributed by atoms with Gasteiger partial charge >= 0.3 is 0 Å². The second kappa shape index (κ2) is 5.86. The molecule has 25 heavy (non-hydrogen) atoms. The van der Waals surface area contributed by atoms with Gasteiger partial charge in [-0.1, -0.05) is 18.2 Å². The molecule has 1 amide bonds. The average molecular weight is 332 g/mol. The van der Waals surface area contributed by atoms with Crippen LogP contribution in [0.2, 0.25) is 0 Å². The number of H-pyrrole nitrogens is 1. The molecular formula is C18H16N6O. The number of hydrogen-bond acceptors (Lipinski definition) is 4. The lowest BCUT2D eigenvalue weighted by molar-refractivity contribution is 0.102. The minimum atomic E-state index is -0.278. The Morgan fingerprint density at radius 1 is 1.16 bits per heavy atom. The number of hydrogen-bond donors (Lipinski definition) is 2. The zero-order valence-electron chi connectivity index (χ0n) is 13.8. The zero-order valence-corrected chi connectivity index (χ0v) is 13.8. The minimum absolute atomic E-state index is 0.278. The largest absolute Gasteiger partial charge is 0.319 e. The molecule has 0 aliphatic carbocycles. The molecule has 0 aliphatic heterocycles. The fourth-order valence-corrected chi connectivity index (χ4v) is 2.70. The number of pyridine rings is 1. The number of aromatic amines is 1. The highest BCUT2D eigenvalue weighted by Gasteiger charge is 2.14. The summed E-state index contributed by atoms with van der Waals surface area (Å²) in [6.07, 6.45) is 1.58. The molecule has 0 spiro atoms. The molecule has 0 bridgehead atoms. The van der Waals surface area contributed by atoms with Crippen LogP contribution in [0.3, 0.4) is 0 Å². The van der Waals surface area contributed by atoms with Gasteiger partial charge in [-0.2, -0.15) is 10.2 Å². The van der Waals surface area contributed by atoms with E-state index in [0.717, 1.165) is 22.5 Å². The maximum Gasteiger partial charge on any atom is 0.276 e. The monoisotopic (exact) mass is 332 g/mol. The molecule has 2 N–H and O–H groups in total. The first-order chi connectivity index (χ1) is 12.1. The third-order valence-corrected chi connectivity index (χ3v) is 3.98. The highest BCUT2D eigenvalue weighted by atomic mass is 16.2. The normalized spacial score (nSPS) is 11.0. The maximum atomic E-state index is 12.5. The number of fused-ring (bicyclic) bond motifs is 1. The Bertz CT molecular complexity index is 1060. The molecule has 0 radical (unpaired) electrons. The van der Waals surface area contributed by atoms with Crippen LogP contribution >= 0.6 is 0 Å². The predicted octanol–water partition coefficient (Wildman–Crippen LogP) is 3.01. The standard InChI is InChI=1S/C18H16N6O/c1-11-8-16(23-24(11)14-6-4-3-5-7-14)18(25)20-13-9-15-12(2)21-22-17(15)19-10-13/h3-10H,1-2H3,(H,20,25)(H,19,21,22). The van der Waals surface area contributed by atoms with Gasteiger partial charge in [0.05, 0.1) is 17.6 Å². The first-order valence-electron chi connectivity index (χ1n) is 7.86. The van der Waals surface area contributed by atoms with Gasteiger partial charge in [0.2, 0.25) is 0 Å². The molecule has 4 rings (SSSR count). The van der Waals surface area contributed by atoms with E-state index in [9.17, 15) is 4.79 Å². The molecule has 124 valence electrons. The van der Waals surface area contributed by atoms with E-state index in [1.165, 1.54) is 0 Å². The maximum absolute atomic E-state index is 12.5. The van der Waals surface area contributed by atoms with Crippen molar-refractivity contribution in [2.24, 2.45) is 0 Å². The summed E-state index contributed by atoms with van der Waals surface area (Å²) in [6.45, 7) is 3.83. The third kappa shape index (κ3) is 2.76. The molecule has 1 aromatic carbocycles. The summed E-state index contributed by atoms with van der Waals surface area (Å²) >= 11 is 0. The number of rotatable bonds is 3. The topological polar surface area (TPSA) is 88.5 Å². The lowest BCUT2D eigenvalue weighted by Crippen LogP contribution is -2.13. The fraction of sp³-hybridized carbons (Fsp3) is 0.111. The Hall–Kier alpha value is -3.48. The number of anilines is 1. The molecule has 3 heterocycles. The van der Waals surface area contributed by atoms with Crippen LogP contribution in [0.15, 0.2) is 48.7 Å². The number of nitrogens with zero attached hydrogens (tertiary/aromatic N) is 4. The van der Waals surface area contributed by atoms with Crippen molar-refractivity contribution < 1.29 is 4.79 Å². The van der Waals surface area contributed by atoms with Crippen molar-refractivity contribution in [3.05, 3.63) is 65.7 Å². The molecule has 4 aromatic rings. The van der Waals surface area contributed by atoms with Crippen molar-refractivity contribution in [2.75, 3.05) is 5.32 Å². The molecule has 7 heteroatoms. The summed E-state index contributed by atoms with van der Waals surface area (Å²) in [4.78, 5) is 16.8. The predicted molar refractivity (Wildman–Crippen MR) is 94.9 cm³/mol. The number of nitrogens with one attached hydrogen (secondary N) is 2. The molecule has 0 unspecified atom stereocenters. The molecule has 7 nitrogen and oxygen atoms in total. The van der Waals surface area contributed by atoms with Crippen molar-refractivity contribution in [2.45, 2.75) is 13.8 Å². The molecule has 3 aromatic heterocycles. The van der Waals surface area contributed by atoms with Crippen molar-refractivity contribution in [3.63, 3.8) is 0 Å². The lowest BCUT2D eigenvalue weighted by atomic mass is 10.2. The van der Waals surface area contributed by atoms with Crippen LogP contribution in [0.5, 0.6) is 0 Å². The highest BCUT2D eigenvalue weighted by molar-refractivity contribution is 6.03. The Kier molecular flexibility index (Phi) is 3.53. The fourth-order valence-electron chi connectivity index (χ4n) is 2.70. The van der Waals surface area contributed by atoms with E-state index < -0.39 is 0 Å². The van der Waals surface area contributed by atoms with E-state index in [4.69, 9.17) is 0 Å². The Balaban J connectivity index is 1.61. The summed E-state index contributed by atoms with van der Waals surface area (Å²) in [5.41, 5.74) is 4.29. The van der Waals surface area contributed by atoms with Gasteiger partial charge in [0.25, 0.3) is 5.91 Å². The Morgan fingerprint density at radius 2 is 1.96 bits per heavy atom. The number of aryl methyl sites for hydroxylation is 2. The summed E-state index contributed by atoms with van der Waals surface area (Å²) in [5.74, 6) is -0.278. The number of benzene rings is 1. The van der Waals surface area contributed by atoms with Gasteiger partial charge in [-0.15, -0.1) is 0 Å². The molecule has 0 saturated carbocycles. The zero-order chi connectivity index (χ0) is 17.4. The SMILES string of the molecule is Cc1[nH]nc2ncc(NC(=O)c3cc(C)n(-c4ccccc4)n3)cc12. The Morgan fingerprint density at radius 3 is 2.76 bits per heavy atom. The van der Waals surface area contributed by atoms with Crippen molar-refractivity contribution in [3.8, 4) is 5.69 Å². The molecule has 0 aliphatic rings. The molecule has 0 atom stereocenters. The van der Waals surface area contributed by atoms with E-state index in [-0.39, 0.29) is 5.91 Å². The Labute approximate surface area is 143 Å². The van der Waals surface area contributed by atoms with Crippen LogP contribution in [0, 0.1) is 13.8 Å². The van der Waals surface area contributed by atoms with Gasteiger partial charge in [-0.25, -0.2) is 9.67 Å². The molecule has 0 fully saturated rings. The molecular weight excluding hydrogens is 316 g/mol. The van der Waals surface area contributed by atoms with Crippen LogP contribution in [0.4, 0.5) is 5.69 Å². The smallest absolute Gasteiger partial charge is 0.276 e. The summed E-state index contributed by atoms with van der Waals surface area (Å²) < 4.78 is 1.75. The second-order valence-electron chi connectivity index (χ2n) is 5.82. The van der Waals surface area contributed by atoms with E-state index in [2.05, 4.69) is 25.6 Å². The first-order valence-corrected chi connectivity index (χ1v) is 7.86. The van der Waals surface area contributed by atoms with E-state index in [0.29, 0.717) is 17.0 Å². The number of carbonyl (C=O) groups excluding carboxylic acids is 1. The van der Waals surface area contributed by atoms with Gasteiger partial charge in [-0.05, 0) is 38.1 Å². The van der Waals surface area contributed by atoms with Crippen molar-refractivity contribution >= 4 is 22.6 Å². The summed E-state index contributed by atoms with van der Waals surface area (Å²) in [5, 5.41) is 15.1.